The molecule has 1 spiro atoms. The van der Waals surface area contributed by atoms with Gasteiger partial charge in [-0.2, -0.15) is 0 Å². The number of Topliss-reactive ketones (excluding diaryl/α,β-unsaturated/α-hetero) is 1. The van der Waals surface area contributed by atoms with Crippen molar-refractivity contribution in [1.82, 2.24) is 20.9 Å². The zero-order valence-corrected chi connectivity index (χ0v) is 28.3. The highest BCUT2D eigenvalue weighted by Gasteiger charge is 2.56. The van der Waals surface area contributed by atoms with Crippen molar-refractivity contribution in [1.29, 1.82) is 0 Å². The van der Waals surface area contributed by atoms with Gasteiger partial charge < -0.3 is 25.7 Å². The van der Waals surface area contributed by atoms with Crippen LogP contribution < -0.4 is 16.0 Å². The van der Waals surface area contributed by atoms with E-state index in [4.69, 9.17) is 16.4 Å². The fourth-order valence-corrected chi connectivity index (χ4v) is 6.93. The lowest BCUT2D eigenvalue weighted by atomic mass is 9.85. The Morgan fingerprint density at radius 1 is 1.11 bits per heavy atom. The Kier molecular flexibility index (Phi) is 9.55. The van der Waals surface area contributed by atoms with Gasteiger partial charge in [0, 0.05) is 36.4 Å². The van der Waals surface area contributed by atoms with E-state index in [1.54, 1.807) is 12.1 Å². The molecule has 3 N–H and O–H groups in total. The lowest BCUT2D eigenvalue weighted by molar-refractivity contribution is -0.145. The van der Waals surface area contributed by atoms with Crippen LogP contribution in [0, 0.1) is 29.1 Å². The molecule has 12 heteroatoms. The van der Waals surface area contributed by atoms with E-state index in [0.717, 1.165) is 24.8 Å². The number of oxime groups is 1. The average Bonchev–Trinajstić information content (AvgIpc) is 3.92. The number of nitrogens with one attached hydrogen (secondary N) is 3. The minimum absolute atomic E-state index is 0.0503. The number of carbonyl (C=O) groups is 5. The highest BCUT2D eigenvalue weighted by Crippen LogP contribution is 2.45. The van der Waals surface area contributed by atoms with Crippen LogP contribution in [0.1, 0.15) is 78.7 Å². The molecular weight excluding hydrogens is 610 g/mol. The summed E-state index contributed by atoms with van der Waals surface area (Å²) in [6.07, 6.45) is 3.42. The second kappa shape index (κ2) is 13.0. The first-order valence-corrected chi connectivity index (χ1v) is 16.7. The van der Waals surface area contributed by atoms with Crippen molar-refractivity contribution >= 4 is 46.7 Å². The van der Waals surface area contributed by atoms with E-state index in [-0.39, 0.29) is 36.6 Å². The van der Waals surface area contributed by atoms with E-state index in [9.17, 15) is 24.0 Å². The van der Waals surface area contributed by atoms with Crippen molar-refractivity contribution in [3.63, 3.8) is 0 Å². The van der Waals surface area contributed by atoms with Crippen LogP contribution >= 0.6 is 11.6 Å². The molecule has 11 nitrogen and oxygen atoms in total. The summed E-state index contributed by atoms with van der Waals surface area (Å²) < 4.78 is 0. The summed E-state index contributed by atoms with van der Waals surface area (Å²) in [6, 6.07) is 4.28. The smallest absolute Gasteiger partial charge is 0.289 e. The normalized spacial score (nSPS) is 26.7. The molecule has 0 aromatic heterocycles. The summed E-state index contributed by atoms with van der Waals surface area (Å²) in [5, 5.41) is 13.1. The van der Waals surface area contributed by atoms with Gasteiger partial charge in [0.1, 0.15) is 12.1 Å². The van der Waals surface area contributed by atoms with Crippen molar-refractivity contribution < 1.29 is 28.8 Å². The van der Waals surface area contributed by atoms with Gasteiger partial charge in [0.05, 0.1) is 18.3 Å². The lowest BCUT2D eigenvalue weighted by Crippen LogP contribution is -2.59. The molecule has 2 heterocycles. The van der Waals surface area contributed by atoms with Crippen LogP contribution in [0.3, 0.4) is 0 Å². The number of benzene rings is 1. The summed E-state index contributed by atoms with van der Waals surface area (Å²) in [7, 11) is 1.37. The Morgan fingerprint density at radius 2 is 1.83 bits per heavy atom. The van der Waals surface area contributed by atoms with Crippen LogP contribution in [0.4, 0.5) is 0 Å². The Balaban J connectivity index is 1.41. The summed E-state index contributed by atoms with van der Waals surface area (Å²) in [6.45, 7) is 9.86. The van der Waals surface area contributed by atoms with Crippen LogP contribution in [0.2, 0.25) is 5.02 Å². The number of likely N-dealkylation sites (tertiary alicyclic amines) is 1. The number of hydrogen-bond acceptors (Lipinski definition) is 7. The van der Waals surface area contributed by atoms with Gasteiger partial charge in [-0.05, 0) is 48.1 Å². The van der Waals surface area contributed by atoms with E-state index < -0.39 is 52.6 Å². The number of halogens is 1. The second-order valence-corrected chi connectivity index (χ2v) is 15.4. The fraction of sp³-hybridized carbons (Fsp3) is 0.647. The largest absolute Gasteiger partial charge is 0.387 e. The minimum atomic E-state index is -1.02. The number of rotatable bonds is 11. The predicted molar refractivity (Wildman–Crippen MR) is 173 cm³/mol. The van der Waals surface area contributed by atoms with E-state index in [1.807, 2.05) is 32.9 Å². The van der Waals surface area contributed by atoms with Gasteiger partial charge in [0.25, 0.3) is 5.91 Å². The average molecular weight is 656 g/mol. The second-order valence-electron chi connectivity index (χ2n) is 14.9. The SMILES string of the molecule is CNC(=O)C(=O)[C@H](CC1CC1)NC(=O)[C@@H]1C[C@]2(CC(c3cccc(Cl)c3)=NO2)CN1C(=O)[C@@H](NC(=O)[C@H]1C[C@@H]1C(C)C)C(C)(C)C. The van der Waals surface area contributed by atoms with E-state index in [2.05, 4.69) is 35.0 Å². The van der Waals surface area contributed by atoms with Crippen molar-refractivity contribution in [2.24, 2.45) is 34.2 Å². The molecule has 2 aliphatic carbocycles. The fourth-order valence-electron chi connectivity index (χ4n) is 6.74. The standard InChI is InChI=1S/C34H46ClN5O6/c1-18(2)22-14-23(22)29(42)38-28(33(3,4)5)32(45)40-17-34(15-25(39-46-34)20-8-7-9-21(35)13-20)16-26(40)30(43)37-24(12-19-10-11-19)27(41)31(44)36-6/h7-9,13,18-19,22-24,26,28H,10-12,14-17H2,1-6H3,(H,36,44)(H,37,43)(H,38,42)/t22-,23+,24+,26+,28-,34-/m1/s1. The van der Waals surface area contributed by atoms with Crippen LogP contribution in [-0.4, -0.2) is 77.3 Å². The molecule has 46 heavy (non-hydrogen) atoms. The third-order valence-corrected chi connectivity index (χ3v) is 10.0. The first-order chi connectivity index (χ1) is 21.6. The number of ketones is 1. The molecule has 2 saturated carbocycles. The van der Waals surface area contributed by atoms with Gasteiger partial charge in [0.2, 0.25) is 23.5 Å². The topological polar surface area (TPSA) is 146 Å². The van der Waals surface area contributed by atoms with Crippen molar-refractivity contribution in [2.75, 3.05) is 13.6 Å². The highest BCUT2D eigenvalue weighted by molar-refractivity contribution is 6.38. The number of hydrogen-bond donors (Lipinski definition) is 3. The van der Waals surface area contributed by atoms with Crippen molar-refractivity contribution in [2.45, 2.75) is 96.9 Å². The molecule has 1 aromatic rings. The van der Waals surface area contributed by atoms with Crippen molar-refractivity contribution in [3.8, 4) is 0 Å². The first-order valence-electron chi connectivity index (χ1n) is 16.3. The molecule has 1 saturated heterocycles. The molecule has 1 aromatic carbocycles. The van der Waals surface area contributed by atoms with Crippen LogP contribution in [0.15, 0.2) is 29.4 Å². The number of likely N-dealkylation sites (N-methyl/N-ethyl adjacent to an activating group) is 1. The summed E-state index contributed by atoms with van der Waals surface area (Å²) >= 11 is 6.23. The lowest BCUT2D eigenvalue weighted by Gasteiger charge is -2.35. The molecule has 0 radical (unpaired) electrons. The Morgan fingerprint density at radius 3 is 2.41 bits per heavy atom. The molecule has 3 fully saturated rings. The van der Waals surface area contributed by atoms with Gasteiger partial charge >= 0.3 is 0 Å². The molecule has 2 aliphatic heterocycles. The third kappa shape index (κ3) is 7.40. The predicted octanol–water partition coefficient (Wildman–Crippen LogP) is 3.23. The molecule has 4 aliphatic rings. The maximum Gasteiger partial charge on any atom is 0.289 e. The molecule has 0 unspecified atom stereocenters. The maximum absolute atomic E-state index is 14.5. The monoisotopic (exact) mass is 655 g/mol. The molecule has 6 atom stereocenters. The summed E-state index contributed by atoms with van der Waals surface area (Å²) in [5.41, 5.74) is -0.252. The molecule has 4 amide bonds. The summed E-state index contributed by atoms with van der Waals surface area (Å²) in [4.78, 5) is 74.7. The van der Waals surface area contributed by atoms with E-state index >= 15 is 0 Å². The first kappa shape index (κ1) is 33.9. The van der Waals surface area contributed by atoms with Crippen LogP contribution in [0.5, 0.6) is 0 Å². The quantitative estimate of drug-likeness (QED) is 0.312. The van der Waals surface area contributed by atoms with Crippen LogP contribution in [0.25, 0.3) is 0 Å². The molecule has 5 rings (SSSR count). The van der Waals surface area contributed by atoms with Gasteiger partial charge in [-0.1, -0.05) is 76.3 Å². The Bertz CT molecular complexity index is 1430. The molecule has 250 valence electrons. The third-order valence-electron chi connectivity index (χ3n) is 9.76. The maximum atomic E-state index is 14.5. The zero-order chi connectivity index (χ0) is 33.6. The Hall–Kier alpha value is -3.47. The molecular formula is C34H46ClN5O6. The number of amides is 4. The Labute approximate surface area is 275 Å². The van der Waals surface area contributed by atoms with E-state index in [0.29, 0.717) is 29.5 Å². The highest BCUT2D eigenvalue weighted by atomic mass is 35.5. The van der Waals surface area contributed by atoms with Crippen LogP contribution in [-0.2, 0) is 28.8 Å². The van der Waals surface area contributed by atoms with Gasteiger partial charge in [-0.15, -0.1) is 0 Å². The number of carbonyl (C=O) groups excluding carboxylic acids is 5. The van der Waals surface area contributed by atoms with E-state index in [1.165, 1.54) is 11.9 Å². The van der Waals surface area contributed by atoms with Gasteiger partial charge in [0.15, 0.2) is 5.60 Å². The van der Waals surface area contributed by atoms with Gasteiger partial charge in [-0.25, -0.2) is 0 Å². The summed E-state index contributed by atoms with van der Waals surface area (Å²) in [5.74, 6) is -1.88. The zero-order valence-electron chi connectivity index (χ0n) is 27.5. The number of nitrogens with zero attached hydrogens (tertiary/aromatic N) is 2. The van der Waals surface area contributed by atoms with Crippen molar-refractivity contribution in [3.05, 3.63) is 34.9 Å². The minimum Gasteiger partial charge on any atom is -0.387 e. The molecule has 0 bridgehead atoms. The van der Waals surface area contributed by atoms with Gasteiger partial charge in [-0.3, -0.25) is 24.0 Å².